The van der Waals surface area contributed by atoms with Gasteiger partial charge in [0.05, 0.1) is 23.8 Å². The predicted octanol–water partition coefficient (Wildman–Crippen LogP) is 1.52. The smallest absolute Gasteiger partial charge is 0.254 e. The van der Waals surface area contributed by atoms with E-state index in [2.05, 4.69) is 25.2 Å². The van der Waals surface area contributed by atoms with E-state index in [1.54, 1.807) is 24.8 Å². The van der Waals surface area contributed by atoms with Crippen LogP contribution in [0, 0.1) is 5.92 Å². The molecule has 2 aromatic rings. The molecule has 3 fully saturated rings. The number of ether oxygens (including phenoxy) is 1. The van der Waals surface area contributed by atoms with Crippen molar-refractivity contribution in [3.63, 3.8) is 0 Å². The van der Waals surface area contributed by atoms with E-state index in [1.165, 1.54) is 12.8 Å². The zero-order valence-electron chi connectivity index (χ0n) is 15.1. The van der Waals surface area contributed by atoms with Gasteiger partial charge in [0.1, 0.15) is 0 Å². The topological polar surface area (TPSA) is 80.2 Å². The molecule has 0 aromatic carbocycles. The Morgan fingerprint density at radius 1 is 1.15 bits per heavy atom. The second kappa shape index (κ2) is 6.98. The molecule has 4 heterocycles. The highest BCUT2D eigenvalue weighted by Crippen LogP contribution is 2.42. The fraction of sp³-hybridized carbons (Fsp3) is 0.500. The van der Waals surface area contributed by atoms with Crippen molar-refractivity contribution in [2.75, 3.05) is 19.7 Å². The first-order valence-corrected chi connectivity index (χ1v) is 9.70. The Labute approximate surface area is 158 Å². The molecule has 1 saturated carbocycles. The van der Waals surface area contributed by atoms with Gasteiger partial charge in [-0.15, -0.1) is 0 Å². The first-order valence-electron chi connectivity index (χ1n) is 9.70. The van der Waals surface area contributed by atoms with Crippen LogP contribution >= 0.6 is 0 Å². The number of amides is 1. The standard InChI is InChI=1S/C20H23N5O2/c26-20(14-11-22-19(23-12-14)13-3-6-21-7-4-13)24-16-15-5-10-27-18(15)17(16)25-8-1-2-9-25/h3-4,6-7,11-12,15-18H,1-2,5,8-10H2,(H,24,26)/t15-,16+,17-,18-/m1/s1. The van der Waals surface area contributed by atoms with Crippen molar-refractivity contribution >= 4 is 5.91 Å². The lowest BCUT2D eigenvalue weighted by Gasteiger charge is -2.51. The summed E-state index contributed by atoms with van der Waals surface area (Å²) in [5.74, 6) is 0.921. The van der Waals surface area contributed by atoms with Crippen molar-refractivity contribution in [3.8, 4) is 11.4 Å². The number of aromatic nitrogens is 3. The van der Waals surface area contributed by atoms with Crippen LogP contribution in [-0.4, -0.2) is 63.6 Å². The molecule has 1 aliphatic carbocycles. The van der Waals surface area contributed by atoms with Crippen LogP contribution in [0.25, 0.3) is 11.4 Å². The average molecular weight is 365 g/mol. The monoisotopic (exact) mass is 365 g/mol. The molecule has 2 aliphatic heterocycles. The largest absolute Gasteiger partial charge is 0.376 e. The minimum atomic E-state index is -0.101. The number of likely N-dealkylation sites (tertiary alicyclic amines) is 1. The summed E-state index contributed by atoms with van der Waals surface area (Å²) < 4.78 is 5.94. The highest BCUT2D eigenvalue weighted by molar-refractivity contribution is 5.94. The van der Waals surface area contributed by atoms with Crippen LogP contribution in [0.3, 0.4) is 0 Å². The molecule has 0 radical (unpaired) electrons. The second-order valence-corrected chi connectivity index (χ2v) is 7.55. The van der Waals surface area contributed by atoms with Gasteiger partial charge in [-0.1, -0.05) is 0 Å². The third-order valence-electron chi connectivity index (χ3n) is 6.06. The number of rotatable bonds is 4. The van der Waals surface area contributed by atoms with Crippen LogP contribution in [0.1, 0.15) is 29.6 Å². The number of nitrogens with zero attached hydrogens (tertiary/aromatic N) is 4. The zero-order valence-corrected chi connectivity index (χ0v) is 15.1. The van der Waals surface area contributed by atoms with E-state index >= 15 is 0 Å². The summed E-state index contributed by atoms with van der Waals surface area (Å²) in [4.78, 5) is 28.0. The molecular formula is C20H23N5O2. The summed E-state index contributed by atoms with van der Waals surface area (Å²) in [6, 6.07) is 4.16. The SMILES string of the molecule is O=C(N[C@H]1[C@H]2CCO[C@H]2[C@@H]1N1CCCC1)c1cnc(-c2ccncc2)nc1. The molecule has 7 nitrogen and oxygen atoms in total. The van der Waals surface area contributed by atoms with Crippen LogP contribution in [0.2, 0.25) is 0 Å². The van der Waals surface area contributed by atoms with Crippen molar-refractivity contribution in [3.05, 3.63) is 42.5 Å². The van der Waals surface area contributed by atoms with Crippen molar-refractivity contribution < 1.29 is 9.53 Å². The lowest BCUT2D eigenvalue weighted by molar-refractivity contribution is -0.0747. The molecule has 4 atom stereocenters. The van der Waals surface area contributed by atoms with Gasteiger partial charge in [0.15, 0.2) is 5.82 Å². The predicted molar refractivity (Wildman–Crippen MR) is 99.0 cm³/mol. The number of fused-ring (bicyclic) bond motifs is 1. The molecule has 2 saturated heterocycles. The van der Waals surface area contributed by atoms with Gasteiger partial charge in [0, 0.05) is 42.9 Å². The summed E-state index contributed by atoms with van der Waals surface area (Å²) in [5.41, 5.74) is 1.38. The van der Waals surface area contributed by atoms with E-state index in [9.17, 15) is 4.79 Å². The van der Waals surface area contributed by atoms with Crippen molar-refractivity contribution in [1.82, 2.24) is 25.2 Å². The van der Waals surface area contributed by atoms with E-state index in [-0.39, 0.29) is 18.1 Å². The Kier molecular flexibility index (Phi) is 4.33. The third-order valence-corrected chi connectivity index (χ3v) is 6.06. The van der Waals surface area contributed by atoms with Crippen LogP contribution in [0.4, 0.5) is 0 Å². The number of carbonyl (C=O) groups excluding carboxylic acids is 1. The summed E-state index contributed by atoms with van der Waals surface area (Å²) in [6.07, 6.45) is 10.4. The van der Waals surface area contributed by atoms with Crippen LogP contribution < -0.4 is 5.32 Å². The lowest BCUT2D eigenvalue weighted by atomic mass is 9.70. The maximum Gasteiger partial charge on any atom is 0.254 e. The van der Waals surface area contributed by atoms with Crippen LogP contribution in [0.5, 0.6) is 0 Å². The average Bonchev–Trinajstić information content (AvgIpc) is 3.38. The van der Waals surface area contributed by atoms with Gasteiger partial charge in [-0.2, -0.15) is 0 Å². The Morgan fingerprint density at radius 2 is 1.89 bits per heavy atom. The molecule has 140 valence electrons. The Hall–Kier alpha value is -2.38. The molecule has 5 rings (SSSR count). The Balaban J connectivity index is 1.29. The van der Waals surface area contributed by atoms with Crippen molar-refractivity contribution in [2.45, 2.75) is 37.5 Å². The highest BCUT2D eigenvalue weighted by atomic mass is 16.5. The Morgan fingerprint density at radius 3 is 2.63 bits per heavy atom. The number of carbonyl (C=O) groups is 1. The van der Waals surface area contributed by atoms with E-state index in [1.807, 2.05) is 12.1 Å². The van der Waals surface area contributed by atoms with Gasteiger partial charge in [0.25, 0.3) is 5.91 Å². The molecule has 1 N–H and O–H groups in total. The Bertz CT molecular complexity index is 802. The quantitative estimate of drug-likeness (QED) is 0.885. The molecule has 7 heteroatoms. The third kappa shape index (κ3) is 3.00. The summed E-state index contributed by atoms with van der Waals surface area (Å²) in [5, 5.41) is 3.24. The molecule has 27 heavy (non-hydrogen) atoms. The number of hydrogen-bond donors (Lipinski definition) is 1. The highest BCUT2D eigenvalue weighted by Gasteiger charge is 2.56. The van der Waals surface area contributed by atoms with E-state index < -0.39 is 0 Å². The van der Waals surface area contributed by atoms with Gasteiger partial charge in [-0.05, 0) is 44.5 Å². The molecule has 2 aromatic heterocycles. The number of pyridine rings is 1. The van der Waals surface area contributed by atoms with Crippen molar-refractivity contribution in [1.29, 1.82) is 0 Å². The van der Waals surface area contributed by atoms with E-state index in [0.717, 1.165) is 31.7 Å². The first kappa shape index (κ1) is 16.8. The fourth-order valence-corrected chi connectivity index (χ4v) is 4.67. The van der Waals surface area contributed by atoms with Gasteiger partial charge in [-0.3, -0.25) is 14.7 Å². The van der Waals surface area contributed by atoms with E-state index in [4.69, 9.17) is 4.74 Å². The van der Waals surface area contributed by atoms with Gasteiger partial charge in [-0.25, -0.2) is 9.97 Å². The molecule has 1 amide bonds. The molecule has 0 unspecified atom stereocenters. The minimum Gasteiger partial charge on any atom is -0.376 e. The van der Waals surface area contributed by atoms with Gasteiger partial charge in [0.2, 0.25) is 0 Å². The zero-order chi connectivity index (χ0) is 18.2. The maximum absolute atomic E-state index is 12.8. The molecular weight excluding hydrogens is 342 g/mol. The normalized spacial score (nSPS) is 29.9. The van der Waals surface area contributed by atoms with Gasteiger partial charge >= 0.3 is 0 Å². The first-order chi connectivity index (χ1) is 13.3. The summed E-state index contributed by atoms with van der Waals surface area (Å²) in [6.45, 7) is 3.01. The summed E-state index contributed by atoms with van der Waals surface area (Å²) >= 11 is 0. The molecule has 3 aliphatic rings. The number of nitrogens with one attached hydrogen (secondary N) is 1. The minimum absolute atomic E-state index is 0.101. The summed E-state index contributed by atoms with van der Waals surface area (Å²) in [7, 11) is 0. The van der Waals surface area contributed by atoms with Crippen LogP contribution in [0.15, 0.2) is 36.9 Å². The van der Waals surface area contributed by atoms with Gasteiger partial charge < -0.3 is 10.1 Å². The lowest BCUT2D eigenvalue weighted by Crippen LogP contribution is -2.70. The maximum atomic E-state index is 12.8. The second-order valence-electron chi connectivity index (χ2n) is 7.55. The molecule has 0 bridgehead atoms. The van der Waals surface area contributed by atoms with Crippen LogP contribution in [-0.2, 0) is 4.74 Å². The molecule has 0 spiro atoms. The fourth-order valence-electron chi connectivity index (χ4n) is 4.67. The number of hydrogen-bond acceptors (Lipinski definition) is 6. The van der Waals surface area contributed by atoms with Crippen molar-refractivity contribution in [2.24, 2.45) is 5.92 Å². The van der Waals surface area contributed by atoms with E-state index in [0.29, 0.717) is 23.3 Å².